The third kappa shape index (κ3) is 6.60. The molecule has 5 nitrogen and oxygen atoms in total. The maximum atomic E-state index is 12.8. The van der Waals surface area contributed by atoms with Crippen molar-refractivity contribution >= 4 is 18.5 Å². The first-order valence-corrected chi connectivity index (χ1v) is 7.59. The molecule has 0 aliphatic carbocycles. The highest BCUT2D eigenvalue weighted by Gasteiger charge is 2.10. The van der Waals surface area contributed by atoms with E-state index >= 15 is 0 Å². The Balaban J connectivity index is 0.00000312. The van der Waals surface area contributed by atoms with Gasteiger partial charge in [0.1, 0.15) is 17.3 Å². The van der Waals surface area contributed by atoms with Crippen LogP contribution in [-0.2, 0) is 0 Å². The van der Waals surface area contributed by atoms with E-state index < -0.39 is 6.09 Å². The van der Waals surface area contributed by atoms with E-state index in [-0.39, 0.29) is 24.3 Å². The Morgan fingerprint density at radius 3 is 2.48 bits per heavy atom. The molecular weight excluding hydrogens is 347 g/mol. The first-order valence-electron chi connectivity index (χ1n) is 7.59. The Labute approximate surface area is 152 Å². The second kappa shape index (κ2) is 9.86. The SMILES string of the molecule is CN(C)C(=O)Oc1cccc(C(N)CCOc2ccc(F)cc2)c1.Cl. The fourth-order valence-electron chi connectivity index (χ4n) is 2.00. The topological polar surface area (TPSA) is 64.8 Å². The maximum Gasteiger partial charge on any atom is 0.414 e. The summed E-state index contributed by atoms with van der Waals surface area (Å²) in [6, 6.07) is 12.7. The summed E-state index contributed by atoms with van der Waals surface area (Å²) in [6.07, 6.45) is 0.128. The molecule has 1 atom stereocenters. The molecule has 0 aliphatic rings. The molecule has 1 unspecified atom stereocenters. The molecule has 1 amide bonds. The van der Waals surface area contributed by atoms with E-state index in [9.17, 15) is 9.18 Å². The molecule has 0 radical (unpaired) electrons. The van der Waals surface area contributed by atoms with Crippen molar-refractivity contribution in [3.05, 3.63) is 59.9 Å². The second-order valence-corrected chi connectivity index (χ2v) is 5.53. The Bertz CT molecular complexity index is 680. The van der Waals surface area contributed by atoms with Crippen LogP contribution < -0.4 is 15.2 Å². The lowest BCUT2D eigenvalue weighted by molar-refractivity contribution is 0.172. The number of carbonyl (C=O) groups is 1. The number of amides is 1. The van der Waals surface area contributed by atoms with Crippen LogP contribution in [0.2, 0.25) is 0 Å². The number of hydrogen-bond acceptors (Lipinski definition) is 4. The van der Waals surface area contributed by atoms with Crippen molar-refractivity contribution in [2.45, 2.75) is 12.5 Å². The van der Waals surface area contributed by atoms with Gasteiger partial charge in [-0.05, 0) is 42.0 Å². The Morgan fingerprint density at radius 2 is 1.84 bits per heavy atom. The van der Waals surface area contributed by atoms with Gasteiger partial charge >= 0.3 is 6.09 Å². The molecule has 2 aromatic carbocycles. The quantitative estimate of drug-likeness (QED) is 0.842. The van der Waals surface area contributed by atoms with E-state index in [2.05, 4.69) is 0 Å². The molecule has 0 bridgehead atoms. The van der Waals surface area contributed by atoms with E-state index in [1.807, 2.05) is 6.07 Å². The minimum absolute atomic E-state index is 0. The van der Waals surface area contributed by atoms with Crippen LogP contribution in [-0.4, -0.2) is 31.7 Å². The largest absolute Gasteiger partial charge is 0.494 e. The number of halogens is 2. The zero-order chi connectivity index (χ0) is 17.5. The van der Waals surface area contributed by atoms with Gasteiger partial charge in [0.2, 0.25) is 0 Å². The smallest absolute Gasteiger partial charge is 0.414 e. The summed E-state index contributed by atoms with van der Waals surface area (Å²) in [5, 5.41) is 0. The lowest BCUT2D eigenvalue weighted by Gasteiger charge is -2.15. The van der Waals surface area contributed by atoms with Crippen molar-refractivity contribution in [2.24, 2.45) is 5.73 Å². The summed E-state index contributed by atoms with van der Waals surface area (Å²) >= 11 is 0. The van der Waals surface area contributed by atoms with Gasteiger partial charge in [-0.25, -0.2) is 9.18 Å². The van der Waals surface area contributed by atoms with Crippen LogP contribution in [0.1, 0.15) is 18.0 Å². The number of nitrogens with two attached hydrogens (primary N) is 1. The van der Waals surface area contributed by atoms with Gasteiger partial charge in [-0.3, -0.25) is 0 Å². The van der Waals surface area contributed by atoms with E-state index in [0.717, 1.165) is 5.56 Å². The molecule has 136 valence electrons. The van der Waals surface area contributed by atoms with E-state index in [1.54, 1.807) is 44.4 Å². The lowest BCUT2D eigenvalue weighted by atomic mass is 10.1. The Kier molecular flexibility index (Phi) is 8.18. The lowest BCUT2D eigenvalue weighted by Crippen LogP contribution is -2.25. The van der Waals surface area contributed by atoms with Crippen LogP contribution in [0, 0.1) is 5.82 Å². The highest BCUT2D eigenvalue weighted by atomic mass is 35.5. The molecule has 7 heteroatoms. The highest BCUT2D eigenvalue weighted by Crippen LogP contribution is 2.21. The highest BCUT2D eigenvalue weighted by molar-refractivity contribution is 5.85. The van der Waals surface area contributed by atoms with Gasteiger partial charge in [-0.1, -0.05) is 12.1 Å². The first-order chi connectivity index (χ1) is 11.5. The van der Waals surface area contributed by atoms with Crippen molar-refractivity contribution in [1.29, 1.82) is 0 Å². The number of benzene rings is 2. The third-order valence-corrected chi connectivity index (χ3v) is 3.37. The summed E-state index contributed by atoms with van der Waals surface area (Å²) in [5.74, 6) is 0.738. The van der Waals surface area contributed by atoms with Crippen molar-refractivity contribution in [2.75, 3.05) is 20.7 Å². The summed E-state index contributed by atoms with van der Waals surface area (Å²) in [5.41, 5.74) is 7.00. The van der Waals surface area contributed by atoms with E-state index in [0.29, 0.717) is 24.5 Å². The molecule has 0 heterocycles. The zero-order valence-electron chi connectivity index (χ0n) is 14.1. The molecular formula is C18H22ClFN2O3. The minimum atomic E-state index is -0.444. The predicted molar refractivity (Wildman–Crippen MR) is 96.8 cm³/mol. The van der Waals surface area contributed by atoms with Gasteiger partial charge in [-0.2, -0.15) is 0 Å². The Hall–Kier alpha value is -2.31. The van der Waals surface area contributed by atoms with Gasteiger partial charge in [0.05, 0.1) is 6.61 Å². The van der Waals surface area contributed by atoms with Crippen molar-refractivity contribution in [3.8, 4) is 11.5 Å². The van der Waals surface area contributed by atoms with Crippen LogP contribution in [0.25, 0.3) is 0 Å². The van der Waals surface area contributed by atoms with Gasteiger partial charge in [0.25, 0.3) is 0 Å². The number of nitrogens with zero attached hydrogens (tertiary/aromatic N) is 1. The van der Waals surface area contributed by atoms with Crippen LogP contribution in [0.5, 0.6) is 11.5 Å². The molecule has 2 aromatic rings. The van der Waals surface area contributed by atoms with Gasteiger partial charge in [-0.15, -0.1) is 12.4 Å². The summed E-state index contributed by atoms with van der Waals surface area (Å²) < 4.78 is 23.6. The fraction of sp³-hybridized carbons (Fsp3) is 0.278. The molecule has 0 fully saturated rings. The minimum Gasteiger partial charge on any atom is -0.494 e. The third-order valence-electron chi connectivity index (χ3n) is 3.37. The molecule has 25 heavy (non-hydrogen) atoms. The average Bonchev–Trinajstić information content (AvgIpc) is 2.56. The average molecular weight is 369 g/mol. The van der Waals surface area contributed by atoms with Gasteiger partial charge in [0.15, 0.2) is 0 Å². The van der Waals surface area contributed by atoms with Gasteiger partial charge < -0.3 is 20.1 Å². The number of carbonyl (C=O) groups excluding carboxylic acids is 1. The summed E-state index contributed by atoms with van der Waals surface area (Å²) in [6.45, 7) is 0.397. The predicted octanol–water partition coefficient (Wildman–Crippen LogP) is 3.78. The van der Waals surface area contributed by atoms with Crippen LogP contribution in [0.3, 0.4) is 0 Å². The first kappa shape index (κ1) is 20.7. The molecule has 2 N–H and O–H groups in total. The molecule has 0 saturated heterocycles. The fourth-order valence-corrected chi connectivity index (χ4v) is 2.00. The van der Waals surface area contributed by atoms with Crippen molar-refractivity contribution in [1.82, 2.24) is 4.90 Å². The number of rotatable bonds is 6. The standard InChI is InChI=1S/C18H21FN2O3.ClH/c1-21(2)18(22)24-16-5-3-4-13(12-16)17(20)10-11-23-15-8-6-14(19)7-9-15;/h3-9,12,17H,10-11,20H2,1-2H3;1H. The molecule has 0 saturated carbocycles. The van der Waals surface area contributed by atoms with Crippen molar-refractivity contribution < 1.29 is 18.7 Å². The maximum absolute atomic E-state index is 12.8. The van der Waals surface area contributed by atoms with Crippen LogP contribution in [0.4, 0.5) is 9.18 Å². The molecule has 0 aliphatic heterocycles. The molecule has 0 spiro atoms. The van der Waals surface area contributed by atoms with E-state index in [1.165, 1.54) is 17.0 Å². The van der Waals surface area contributed by atoms with Crippen LogP contribution >= 0.6 is 12.4 Å². The van der Waals surface area contributed by atoms with E-state index in [4.69, 9.17) is 15.2 Å². The second-order valence-electron chi connectivity index (χ2n) is 5.53. The summed E-state index contributed by atoms with van der Waals surface area (Å²) in [7, 11) is 3.23. The van der Waals surface area contributed by atoms with Gasteiger partial charge in [0, 0.05) is 26.6 Å². The number of hydrogen-bond donors (Lipinski definition) is 1. The van der Waals surface area contributed by atoms with Crippen LogP contribution in [0.15, 0.2) is 48.5 Å². The Morgan fingerprint density at radius 1 is 1.16 bits per heavy atom. The zero-order valence-corrected chi connectivity index (χ0v) is 15.0. The van der Waals surface area contributed by atoms with Crippen molar-refractivity contribution in [3.63, 3.8) is 0 Å². The normalized spacial score (nSPS) is 11.2. The summed E-state index contributed by atoms with van der Waals surface area (Å²) in [4.78, 5) is 12.9. The molecule has 0 aromatic heterocycles. The number of ether oxygens (including phenoxy) is 2. The molecule has 2 rings (SSSR count). The monoisotopic (exact) mass is 368 g/mol.